The first kappa shape index (κ1) is 13.9. The molecule has 1 aromatic rings. The van der Waals surface area contributed by atoms with Crippen LogP contribution in [0.25, 0.3) is 0 Å². The van der Waals surface area contributed by atoms with Crippen molar-refractivity contribution in [1.82, 2.24) is 15.5 Å². The fourth-order valence-corrected chi connectivity index (χ4v) is 2.36. The Kier molecular flexibility index (Phi) is 4.86. The molecular weight excluding hydrogens is 286 g/mol. The number of carbonyl (C=O) groups is 1. The number of amides is 1. The van der Waals surface area contributed by atoms with Crippen molar-refractivity contribution in [3.8, 4) is 0 Å². The van der Waals surface area contributed by atoms with Gasteiger partial charge in [-0.2, -0.15) is 5.10 Å². The maximum absolute atomic E-state index is 11.9. The molecule has 0 atom stereocenters. The van der Waals surface area contributed by atoms with Crippen molar-refractivity contribution >= 4 is 21.8 Å². The molecule has 1 heterocycles. The Labute approximate surface area is 108 Å². The Balaban J connectivity index is 2.84. The third-order valence-corrected chi connectivity index (χ3v) is 3.97. The quantitative estimate of drug-likeness (QED) is 0.809. The minimum absolute atomic E-state index is 0.219. The molecule has 6 heteroatoms. The van der Waals surface area contributed by atoms with E-state index in [0.717, 1.165) is 12.8 Å². The van der Waals surface area contributed by atoms with Gasteiger partial charge in [0.1, 0.15) is 5.69 Å². The Morgan fingerprint density at radius 2 is 2.12 bits per heavy atom. The zero-order chi connectivity index (χ0) is 12.9. The monoisotopic (exact) mass is 301 g/mol. The molecule has 0 bridgehead atoms. The van der Waals surface area contributed by atoms with Crippen molar-refractivity contribution in [3.63, 3.8) is 0 Å². The van der Waals surface area contributed by atoms with Gasteiger partial charge in [-0.15, -0.1) is 0 Å². The van der Waals surface area contributed by atoms with Crippen LogP contribution in [0, 0.1) is 0 Å². The molecule has 0 radical (unpaired) electrons. The van der Waals surface area contributed by atoms with Crippen LogP contribution < -0.4 is 10.9 Å². The summed E-state index contributed by atoms with van der Waals surface area (Å²) in [5, 5.41) is 9.57. The summed E-state index contributed by atoms with van der Waals surface area (Å²) in [5.74, 6) is -0.274. The largest absolute Gasteiger partial charge is 0.344 e. The van der Waals surface area contributed by atoms with Crippen LogP contribution in [0.5, 0.6) is 0 Å². The molecule has 1 rings (SSSR count). The van der Waals surface area contributed by atoms with E-state index in [1.807, 2.05) is 13.8 Å². The van der Waals surface area contributed by atoms with Crippen LogP contribution in [0.15, 0.2) is 16.9 Å². The molecular formula is C11H16BrN3O2. The number of alkyl halides is 1. The number of hydrogen-bond donors (Lipinski definition) is 2. The number of carbonyl (C=O) groups excluding carboxylic acids is 1. The number of H-pyrrole nitrogens is 1. The third kappa shape index (κ3) is 3.39. The zero-order valence-corrected chi connectivity index (χ0v) is 11.5. The standard InChI is InChI=1S/C11H16BrN3O2/c1-3-11(4-2,7-12)13-10(17)8-5-6-9(16)15-14-8/h5-6H,3-4,7H2,1-2H3,(H,13,17)(H,15,16). The molecule has 0 fully saturated rings. The molecule has 0 unspecified atom stereocenters. The van der Waals surface area contributed by atoms with Gasteiger partial charge in [-0.3, -0.25) is 9.59 Å². The lowest BCUT2D eigenvalue weighted by Crippen LogP contribution is -2.49. The summed E-state index contributed by atoms with van der Waals surface area (Å²) in [6.45, 7) is 4.04. The minimum Gasteiger partial charge on any atom is -0.344 e. The van der Waals surface area contributed by atoms with Gasteiger partial charge in [-0.05, 0) is 18.9 Å². The van der Waals surface area contributed by atoms with Crippen LogP contribution in [0.1, 0.15) is 37.2 Å². The van der Waals surface area contributed by atoms with E-state index >= 15 is 0 Å². The van der Waals surface area contributed by atoms with Gasteiger partial charge in [0.25, 0.3) is 11.5 Å². The van der Waals surface area contributed by atoms with Gasteiger partial charge >= 0.3 is 0 Å². The predicted molar refractivity (Wildman–Crippen MR) is 69.4 cm³/mol. The Morgan fingerprint density at radius 1 is 1.47 bits per heavy atom. The highest BCUT2D eigenvalue weighted by atomic mass is 79.9. The first-order valence-electron chi connectivity index (χ1n) is 5.51. The molecule has 1 amide bonds. The van der Waals surface area contributed by atoms with Gasteiger partial charge in [0.2, 0.25) is 0 Å². The molecule has 0 saturated heterocycles. The summed E-state index contributed by atoms with van der Waals surface area (Å²) >= 11 is 3.41. The Hall–Kier alpha value is -1.17. The summed E-state index contributed by atoms with van der Waals surface area (Å²) in [6.07, 6.45) is 1.65. The van der Waals surface area contributed by atoms with Gasteiger partial charge in [0.15, 0.2) is 0 Å². The number of nitrogens with one attached hydrogen (secondary N) is 2. The van der Waals surface area contributed by atoms with E-state index in [1.165, 1.54) is 12.1 Å². The van der Waals surface area contributed by atoms with E-state index in [0.29, 0.717) is 5.33 Å². The SMILES string of the molecule is CCC(CC)(CBr)NC(=O)c1ccc(=O)[nH]n1. The number of nitrogens with zero attached hydrogens (tertiary/aromatic N) is 1. The average Bonchev–Trinajstić information content (AvgIpc) is 2.37. The molecule has 2 N–H and O–H groups in total. The number of aromatic amines is 1. The van der Waals surface area contributed by atoms with E-state index in [2.05, 4.69) is 31.4 Å². The van der Waals surface area contributed by atoms with Crippen LogP contribution in [-0.2, 0) is 0 Å². The molecule has 0 aliphatic heterocycles. The lowest BCUT2D eigenvalue weighted by molar-refractivity contribution is 0.0897. The fourth-order valence-electron chi connectivity index (χ4n) is 1.42. The summed E-state index contributed by atoms with van der Waals surface area (Å²) in [6, 6.07) is 2.70. The topological polar surface area (TPSA) is 74.8 Å². The molecule has 0 aliphatic rings. The second-order valence-corrected chi connectivity index (χ2v) is 4.44. The van der Waals surface area contributed by atoms with Crippen molar-refractivity contribution < 1.29 is 4.79 Å². The first-order valence-corrected chi connectivity index (χ1v) is 6.63. The van der Waals surface area contributed by atoms with E-state index in [1.54, 1.807) is 0 Å². The van der Waals surface area contributed by atoms with Gasteiger partial charge in [-0.1, -0.05) is 29.8 Å². The van der Waals surface area contributed by atoms with Crippen molar-refractivity contribution in [2.75, 3.05) is 5.33 Å². The highest BCUT2D eigenvalue weighted by molar-refractivity contribution is 9.09. The van der Waals surface area contributed by atoms with E-state index in [4.69, 9.17) is 0 Å². The predicted octanol–water partition coefficient (Wildman–Crippen LogP) is 1.45. The van der Waals surface area contributed by atoms with Gasteiger partial charge < -0.3 is 5.32 Å². The zero-order valence-electron chi connectivity index (χ0n) is 9.92. The van der Waals surface area contributed by atoms with Crippen molar-refractivity contribution in [2.24, 2.45) is 0 Å². The van der Waals surface area contributed by atoms with Crippen LogP contribution in [0.2, 0.25) is 0 Å². The van der Waals surface area contributed by atoms with Crippen LogP contribution >= 0.6 is 15.9 Å². The summed E-state index contributed by atoms with van der Waals surface area (Å²) in [5.41, 5.74) is -0.370. The minimum atomic E-state index is -0.320. The van der Waals surface area contributed by atoms with Gasteiger partial charge in [0, 0.05) is 16.9 Å². The number of halogens is 1. The molecule has 0 spiro atoms. The number of hydrogen-bond acceptors (Lipinski definition) is 3. The van der Waals surface area contributed by atoms with Crippen LogP contribution in [0.3, 0.4) is 0 Å². The maximum atomic E-state index is 11.9. The summed E-state index contributed by atoms with van der Waals surface area (Å²) in [7, 11) is 0. The molecule has 0 saturated carbocycles. The van der Waals surface area contributed by atoms with E-state index in [-0.39, 0.29) is 22.7 Å². The Morgan fingerprint density at radius 3 is 2.53 bits per heavy atom. The van der Waals surface area contributed by atoms with E-state index in [9.17, 15) is 9.59 Å². The highest BCUT2D eigenvalue weighted by Crippen LogP contribution is 2.18. The molecule has 5 nitrogen and oxygen atoms in total. The molecule has 1 aromatic heterocycles. The number of aromatic nitrogens is 2. The second-order valence-electron chi connectivity index (χ2n) is 3.88. The van der Waals surface area contributed by atoms with Crippen molar-refractivity contribution in [1.29, 1.82) is 0 Å². The maximum Gasteiger partial charge on any atom is 0.272 e. The van der Waals surface area contributed by atoms with Crippen LogP contribution in [-0.4, -0.2) is 27.0 Å². The summed E-state index contributed by atoms with van der Waals surface area (Å²) in [4.78, 5) is 22.8. The third-order valence-electron chi connectivity index (χ3n) is 2.90. The lowest BCUT2D eigenvalue weighted by Gasteiger charge is -2.30. The van der Waals surface area contributed by atoms with Crippen molar-refractivity contribution in [2.45, 2.75) is 32.2 Å². The summed E-state index contributed by atoms with van der Waals surface area (Å²) < 4.78 is 0. The molecule has 94 valence electrons. The molecule has 0 aromatic carbocycles. The van der Waals surface area contributed by atoms with E-state index < -0.39 is 0 Å². The molecule has 17 heavy (non-hydrogen) atoms. The number of rotatable bonds is 5. The first-order chi connectivity index (χ1) is 8.06. The average molecular weight is 302 g/mol. The lowest BCUT2D eigenvalue weighted by atomic mass is 9.95. The smallest absolute Gasteiger partial charge is 0.272 e. The molecule has 0 aliphatic carbocycles. The fraction of sp³-hybridized carbons (Fsp3) is 0.545. The Bertz CT molecular complexity index is 412. The second kappa shape index (κ2) is 5.95. The van der Waals surface area contributed by atoms with Gasteiger partial charge in [-0.25, -0.2) is 5.10 Å². The normalized spacial score (nSPS) is 11.2. The van der Waals surface area contributed by atoms with Crippen LogP contribution in [0.4, 0.5) is 0 Å². The van der Waals surface area contributed by atoms with Gasteiger partial charge in [0.05, 0.1) is 0 Å². The van der Waals surface area contributed by atoms with Crippen molar-refractivity contribution in [3.05, 3.63) is 28.2 Å². The highest BCUT2D eigenvalue weighted by Gasteiger charge is 2.27.